The SMILES string of the molecule is O=C1CN(CCSc2ccc(F)cc2)C(C(=O)O)CN1. The number of rotatable bonds is 5. The summed E-state index contributed by atoms with van der Waals surface area (Å²) in [4.78, 5) is 25.0. The van der Waals surface area contributed by atoms with Crippen molar-refractivity contribution in [1.29, 1.82) is 0 Å². The van der Waals surface area contributed by atoms with E-state index in [1.807, 2.05) is 0 Å². The van der Waals surface area contributed by atoms with E-state index in [9.17, 15) is 14.0 Å². The molecule has 1 aliphatic rings. The highest BCUT2D eigenvalue weighted by Crippen LogP contribution is 2.18. The minimum absolute atomic E-state index is 0.0982. The van der Waals surface area contributed by atoms with Crippen molar-refractivity contribution in [3.8, 4) is 0 Å². The first-order valence-corrected chi connectivity index (χ1v) is 7.17. The predicted octanol–water partition coefficient (Wildman–Crippen LogP) is 0.803. The summed E-state index contributed by atoms with van der Waals surface area (Å²) in [6, 6.07) is 5.45. The lowest BCUT2D eigenvalue weighted by Crippen LogP contribution is -2.57. The molecule has 0 spiro atoms. The molecule has 1 aliphatic heterocycles. The molecule has 1 amide bonds. The Balaban J connectivity index is 1.86. The topological polar surface area (TPSA) is 69.6 Å². The maximum absolute atomic E-state index is 12.8. The average Bonchev–Trinajstić information content (AvgIpc) is 2.41. The van der Waals surface area contributed by atoms with Gasteiger partial charge in [0.2, 0.25) is 5.91 Å². The van der Waals surface area contributed by atoms with Crippen molar-refractivity contribution >= 4 is 23.6 Å². The van der Waals surface area contributed by atoms with Crippen LogP contribution in [0.1, 0.15) is 0 Å². The van der Waals surface area contributed by atoms with Gasteiger partial charge in [-0.25, -0.2) is 4.39 Å². The number of amides is 1. The van der Waals surface area contributed by atoms with Gasteiger partial charge < -0.3 is 10.4 Å². The van der Waals surface area contributed by atoms with Crippen LogP contribution in [0.2, 0.25) is 0 Å². The van der Waals surface area contributed by atoms with E-state index in [-0.39, 0.29) is 24.8 Å². The summed E-state index contributed by atoms with van der Waals surface area (Å²) in [5.74, 6) is -0.734. The molecule has 1 atom stereocenters. The summed E-state index contributed by atoms with van der Waals surface area (Å²) in [6.07, 6.45) is 0. The van der Waals surface area contributed by atoms with Gasteiger partial charge in [-0.1, -0.05) is 0 Å². The molecule has 0 saturated carbocycles. The Morgan fingerprint density at radius 3 is 2.80 bits per heavy atom. The molecule has 0 aromatic heterocycles. The monoisotopic (exact) mass is 298 g/mol. The van der Waals surface area contributed by atoms with Crippen LogP contribution in [-0.4, -0.2) is 53.3 Å². The number of halogens is 1. The molecule has 1 heterocycles. The number of aliphatic carboxylic acids is 1. The molecule has 1 unspecified atom stereocenters. The number of benzene rings is 1. The van der Waals surface area contributed by atoms with E-state index in [1.54, 1.807) is 17.0 Å². The highest BCUT2D eigenvalue weighted by atomic mass is 32.2. The van der Waals surface area contributed by atoms with Crippen LogP contribution in [-0.2, 0) is 9.59 Å². The minimum Gasteiger partial charge on any atom is -0.480 e. The van der Waals surface area contributed by atoms with Crippen molar-refractivity contribution in [2.45, 2.75) is 10.9 Å². The Labute approximate surface area is 120 Å². The lowest BCUT2D eigenvalue weighted by atomic mass is 10.2. The van der Waals surface area contributed by atoms with Gasteiger partial charge in [0, 0.05) is 23.7 Å². The van der Waals surface area contributed by atoms with Crippen molar-refractivity contribution in [2.75, 3.05) is 25.4 Å². The highest BCUT2D eigenvalue weighted by molar-refractivity contribution is 7.99. The molecule has 0 aliphatic carbocycles. The third kappa shape index (κ3) is 3.94. The van der Waals surface area contributed by atoms with Crippen LogP contribution in [0.5, 0.6) is 0 Å². The molecule has 108 valence electrons. The summed E-state index contributed by atoms with van der Waals surface area (Å²) in [6.45, 7) is 0.725. The molecule has 1 fully saturated rings. The standard InChI is InChI=1S/C13H15FN2O3S/c14-9-1-3-10(4-2-9)20-6-5-16-8-12(17)15-7-11(16)13(18)19/h1-4,11H,5-8H2,(H,15,17)(H,18,19). The number of carbonyl (C=O) groups excluding carboxylic acids is 1. The Hall–Kier alpha value is -1.60. The number of nitrogens with one attached hydrogen (secondary N) is 1. The van der Waals surface area contributed by atoms with Crippen molar-refractivity contribution in [3.05, 3.63) is 30.1 Å². The normalized spacial score (nSPS) is 19.6. The smallest absolute Gasteiger partial charge is 0.322 e. The number of hydrogen-bond donors (Lipinski definition) is 2. The van der Waals surface area contributed by atoms with Crippen molar-refractivity contribution in [2.24, 2.45) is 0 Å². The Bertz CT molecular complexity index is 495. The number of thioether (sulfide) groups is 1. The number of nitrogens with zero attached hydrogens (tertiary/aromatic N) is 1. The summed E-state index contributed by atoms with van der Waals surface area (Å²) in [5.41, 5.74) is 0. The Kier molecular flexibility index (Phi) is 4.97. The van der Waals surface area contributed by atoms with Gasteiger partial charge in [-0.05, 0) is 24.3 Å². The lowest BCUT2D eigenvalue weighted by Gasteiger charge is -2.32. The lowest BCUT2D eigenvalue weighted by molar-refractivity contribution is -0.145. The minimum atomic E-state index is -0.934. The van der Waals surface area contributed by atoms with Crippen LogP contribution in [0.15, 0.2) is 29.2 Å². The molecule has 1 aromatic carbocycles. The second kappa shape index (κ2) is 6.71. The van der Waals surface area contributed by atoms with Gasteiger partial charge in [0.05, 0.1) is 6.54 Å². The zero-order valence-electron chi connectivity index (χ0n) is 10.7. The van der Waals surface area contributed by atoms with Gasteiger partial charge >= 0.3 is 5.97 Å². The van der Waals surface area contributed by atoms with Gasteiger partial charge in [0.25, 0.3) is 0 Å². The molecule has 1 aromatic rings. The number of piperazine rings is 1. The molecule has 0 bridgehead atoms. The van der Waals surface area contributed by atoms with E-state index in [4.69, 9.17) is 5.11 Å². The van der Waals surface area contributed by atoms with Crippen LogP contribution in [0.25, 0.3) is 0 Å². The van der Waals surface area contributed by atoms with Crippen molar-refractivity contribution in [1.82, 2.24) is 10.2 Å². The number of carboxylic acids is 1. The first kappa shape index (κ1) is 14.8. The fraction of sp³-hybridized carbons (Fsp3) is 0.385. The largest absolute Gasteiger partial charge is 0.480 e. The first-order chi connectivity index (χ1) is 9.56. The van der Waals surface area contributed by atoms with Crippen LogP contribution in [0.4, 0.5) is 4.39 Å². The Morgan fingerprint density at radius 1 is 1.45 bits per heavy atom. The van der Waals surface area contributed by atoms with Crippen LogP contribution >= 0.6 is 11.8 Å². The molecule has 5 nitrogen and oxygen atoms in total. The summed E-state index contributed by atoms with van der Waals surface area (Å²) < 4.78 is 12.8. The molecule has 1 saturated heterocycles. The van der Waals surface area contributed by atoms with Crippen LogP contribution < -0.4 is 5.32 Å². The van der Waals surface area contributed by atoms with Crippen LogP contribution in [0.3, 0.4) is 0 Å². The summed E-state index contributed by atoms with van der Waals surface area (Å²) >= 11 is 1.50. The summed E-state index contributed by atoms with van der Waals surface area (Å²) in [7, 11) is 0. The first-order valence-electron chi connectivity index (χ1n) is 6.18. The molecular formula is C13H15FN2O3S. The van der Waals surface area contributed by atoms with Gasteiger partial charge in [-0.2, -0.15) is 0 Å². The maximum Gasteiger partial charge on any atom is 0.322 e. The van der Waals surface area contributed by atoms with Gasteiger partial charge in [0.1, 0.15) is 11.9 Å². The van der Waals surface area contributed by atoms with E-state index >= 15 is 0 Å². The molecule has 2 rings (SSSR count). The predicted molar refractivity (Wildman–Crippen MR) is 73.1 cm³/mol. The van der Waals surface area contributed by atoms with E-state index in [2.05, 4.69) is 5.32 Å². The highest BCUT2D eigenvalue weighted by Gasteiger charge is 2.31. The van der Waals surface area contributed by atoms with Crippen molar-refractivity contribution < 1.29 is 19.1 Å². The van der Waals surface area contributed by atoms with Crippen LogP contribution in [0, 0.1) is 5.82 Å². The third-order valence-electron chi connectivity index (χ3n) is 3.03. The molecular weight excluding hydrogens is 283 g/mol. The van der Waals surface area contributed by atoms with Gasteiger partial charge in [0.15, 0.2) is 0 Å². The average molecular weight is 298 g/mol. The quantitative estimate of drug-likeness (QED) is 0.787. The van der Waals surface area contributed by atoms with Crippen molar-refractivity contribution in [3.63, 3.8) is 0 Å². The van der Waals surface area contributed by atoms with E-state index in [0.717, 1.165) is 4.90 Å². The molecule has 7 heteroatoms. The number of carboxylic acid groups (broad SMARTS) is 1. The Morgan fingerprint density at radius 2 is 2.15 bits per heavy atom. The van der Waals surface area contributed by atoms with E-state index in [1.165, 1.54) is 23.9 Å². The fourth-order valence-electron chi connectivity index (χ4n) is 1.98. The van der Waals surface area contributed by atoms with E-state index in [0.29, 0.717) is 12.3 Å². The zero-order chi connectivity index (χ0) is 14.5. The second-order valence-electron chi connectivity index (χ2n) is 4.43. The maximum atomic E-state index is 12.8. The second-order valence-corrected chi connectivity index (χ2v) is 5.60. The van der Waals surface area contributed by atoms with Gasteiger partial charge in [-0.3, -0.25) is 14.5 Å². The number of hydrogen-bond acceptors (Lipinski definition) is 4. The number of carbonyl (C=O) groups is 2. The molecule has 0 radical (unpaired) electrons. The van der Waals surface area contributed by atoms with E-state index < -0.39 is 12.0 Å². The third-order valence-corrected chi connectivity index (χ3v) is 4.02. The molecule has 2 N–H and O–H groups in total. The van der Waals surface area contributed by atoms with Gasteiger partial charge in [-0.15, -0.1) is 11.8 Å². The molecule has 20 heavy (non-hydrogen) atoms. The fourth-order valence-corrected chi connectivity index (χ4v) is 2.87. The zero-order valence-corrected chi connectivity index (χ0v) is 11.5. The summed E-state index contributed by atoms with van der Waals surface area (Å²) in [5, 5.41) is 11.6.